The summed E-state index contributed by atoms with van der Waals surface area (Å²) in [5.74, 6) is -0.150. The van der Waals surface area contributed by atoms with Crippen molar-refractivity contribution in [2.24, 2.45) is 0 Å². The van der Waals surface area contributed by atoms with Gasteiger partial charge in [0.1, 0.15) is 17.0 Å². The highest BCUT2D eigenvalue weighted by molar-refractivity contribution is 7.99. The molecular formula is C20H21N3O5S2. The number of nitrogens with zero attached hydrogens (tertiary/aromatic N) is 2. The molecule has 4 rings (SSSR count). The minimum Gasteiger partial charge on any atom is -0.507 e. The van der Waals surface area contributed by atoms with Gasteiger partial charge in [-0.2, -0.15) is 11.8 Å². The van der Waals surface area contributed by atoms with E-state index in [4.69, 9.17) is 5.11 Å². The van der Waals surface area contributed by atoms with Crippen LogP contribution in [0.15, 0.2) is 58.3 Å². The molecule has 8 nitrogen and oxygen atoms in total. The Hall–Kier alpha value is -2.37. The van der Waals surface area contributed by atoms with Crippen molar-refractivity contribution in [3.63, 3.8) is 0 Å². The maximum absolute atomic E-state index is 11.0. The predicted octanol–water partition coefficient (Wildman–Crippen LogP) is 1.75. The highest BCUT2D eigenvalue weighted by Gasteiger charge is 2.39. The van der Waals surface area contributed by atoms with Crippen LogP contribution in [0.3, 0.4) is 0 Å². The molecule has 2 unspecified atom stereocenters. The van der Waals surface area contributed by atoms with Crippen LogP contribution in [-0.2, 0) is 11.3 Å². The van der Waals surface area contributed by atoms with Gasteiger partial charge in [-0.3, -0.25) is 10.1 Å². The van der Waals surface area contributed by atoms with E-state index in [1.165, 1.54) is 11.3 Å². The number of carboxylic acids is 1. The second-order valence-corrected chi connectivity index (χ2v) is 8.82. The molecule has 1 aromatic carbocycles. The fourth-order valence-corrected chi connectivity index (χ4v) is 5.45. The minimum absolute atomic E-state index is 0.0441. The lowest BCUT2D eigenvalue weighted by Crippen LogP contribution is -2.47. The molecule has 2 aromatic rings. The van der Waals surface area contributed by atoms with Gasteiger partial charge in [-0.25, -0.2) is 4.98 Å². The van der Waals surface area contributed by atoms with E-state index in [2.05, 4.69) is 10.3 Å². The molecule has 0 saturated heterocycles. The zero-order valence-electron chi connectivity index (χ0n) is 15.9. The van der Waals surface area contributed by atoms with Crippen molar-refractivity contribution in [3.8, 4) is 11.3 Å². The van der Waals surface area contributed by atoms with Crippen LogP contribution in [0.2, 0.25) is 0 Å². The number of aliphatic hydroxyl groups excluding tert-OH is 3. The summed E-state index contributed by atoms with van der Waals surface area (Å²) in [4.78, 5) is 17.2. The Balaban J connectivity index is 1.59. The van der Waals surface area contributed by atoms with E-state index in [0.717, 1.165) is 22.0 Å². The van der Waals surface area contributed by atoms with E-state index in [9.17, 15) is 20.1 Å². The molecule has 0 spiro atoms. The van der Waals surface area contributed by atoms with E-state index in [-0.39, 0.29) is 11.3 Å². The first-order chi connectivity index (χ1) is 14.5. The van der Waals surface area contributed by atoms with Crippen molar-refractivity contribution < 1.29 is 25.2 Å². The summed E-state index contributed by atoms with van der Waals surface area (Å²) < 4.78 is 0. The SMILES string of the molecule is O=C(O)CNC(O)C1=C(O)C2=C(CSC2)N(Cc2nc(-c3ccccc3)cs2)C1O. The van der Waals surface area contributed by atoms with E-state index >= 15 is 0 Å². The lowest BCUT2D eigenvalue weighted by Gasteiger charge is -2.37. The number of hydrogen-bond donors (Lipinski definition) is 5. The second kappa shape index (κ2) is 8.78. The smallest absolute Gasteiger partial charge is 0.317 e. The fraction of sp³-hybridized carbons (Fsp3) is 0.300. The van der Waals surface area contributed by atoms with Gasteiger partial charge in [-0.05, 0) is 0 Å². The summed E-state index contributed by atoms with van der Waals surface area (Å²) in [5.41, 5.74) is 3.25. The monoisotopic (exact) mass is 447 g/mol. The highest BCUT2D eigenvalue weighted by Crippen LogP contribution is 2.40. The third-order valence-electron chi connectivity index (χ3n) is 4.98. The van der Waals surface area contributed by atoms with E-state index in [1.54, 1.807) is 16.7 Å². The van der Waals surface area contributed by atoms with Gasteiger partial charge in [0, 0.05) is 33.7 Å². The van der Waals surface area contributed by atoms with Crippen LogP contribution in [0, 0.1) is 0 Å². The summed E-state index contributed by atoms with van der Waals surface area (Å²) in [6.07, 6.45) is -2.79. The third kappa shape index (κ3) is 4.09. The topological polar surface area (TPSA) is 126 Å². The number of allylic oxidation sites excluding steroid dienone is 1. The van der Waals surface area contributed by atoms with Crippen molar-refractivity contribution in [2.75, 3.05) is 18.1 Å². The molecule has 158 valence electrons. The number of benzene rings is 1. The first-order valence-corrected chi connectivity index (χ1v) is 11.3. The van der Waals surface area contributed by atoms with Crippen molar-refractivity contribution in [1.82, 2.24) is 15.2 Å². The van der Waals surface area contributed by atoms with Crippen LogP contribution < -0.4 is 5.32 Å². The molecule has 3 heterocycles. The zero-order valence-corrected chi connectivity index (χ0v) is 17.5. The summed E-state index contributed by atoms with van der Waals surface area (Å²) in [7, 11) is 0. The van der Waals surface area contributed by atoms with Crippen LogP contribution >= 0.6 is 23.1 Å². The first kappa shape index (κ1) is 20.9. The van der Waals surface area contributed by atoms with E-state index < -0.39 is 25.0 Å². The molecular weight excluding hydrogens is 426 g/mol. The predicted molar refractivity (Wildman–Crippen MR) is 115 cm³/mol. The molecule has 10 heteroatoms. The third-order valence-corrected chi connectivity index (χ3v) is 6.78. The number of thiazole rings is 1. The Kier molecular flexibility index (Phi) is 6.11. The lowest BCUT2D eigenvalue weighted by atomic mass is 9.99. The Labute approximate surface area is 181 Å². The van der Waals surface area contributed by atoms with Crippen LogP contribution in [0.5, 0.6) is 0 Å². The first-order valence-electron chi connectivity index (χ1n) is 9.26. The Bertz CT molecular complexity index is 1000. The van der Waals surface area contributed by atoms with Gasteiger partial charge in [0.05, 0.1) is 24.4 Å². The summed E-state index contributed by atoms with van der Waals surface area (Å²) in [6, 6.07) is 9.79. The second-order valence-electron chi connectivity index (χ2n) is 6.89. The summed E-state index contributed by atoms with van der Waals surface area (Å²) >= 11 is 3.07. The number of aliphatic carboxylic acids is 1. The number of rotatable bonds is 7. The Morgan fingerprint density at radius 3 is 2.80 bits per heavy atom. The van der Waals surface area contributed by atoms with Crippen LogP contribution in [0.1, 0.15) is 5.01 Å². The molecule has 0 radical (unpaired) electrons. The van der Waals surface area contributed by atoms with Gasteiger partial charge in [-0.1, -0.05) is 30.3 Å². The van der Waals surface area contributed by atoms with Crippen LogP contribution in [-0.4, -0.2) is 66.8 Å². The van der Waals surface area contributed by atoms with Crippen molar-refractivity contribution >= 4 is 29.1 Å². The number of carboxylic acid groups (broad SMARTS) is 1. The van der Waals surface area contributed by atoms with Crippen LogP contribution in [0.25, 0.3) is 11.3 Å². The molecule has 1 aromatic heterocycles. The van der Waals surface area contributed by atoms with Gasteiger partial charge < -0.3 is 25.3 Å². The molecule has 5 N–H and O–H groups in total. The Morgan fingerprint density at radius 2 is 2.07 bits per heavy atom. The molecule has 0 fully saturated rings. The van der Waals surface area contributed by atoms with E-state index in [0.29, 0.717) is 23.6 Å². The van der Waals surface area contributed by atoms with Gasteiger partial charge in [0.15, 0.2) is 6.23 Å². The minimum atomic E-state index is -1.49. The average molecular weight is 448 g/mol. The normalized spacial score (nSPS) is 19.9. The number of carbonyl (C=O) groups is 1. The average Bonchev–Trinajstić information content (AvgIpc) is 3.40. The zero-order chi connectivity index (χ0) is 21.3. The maximum Gasteiger partial charge on any atom is 0.317 e. The van der Waals surface area contributed by atoms with Gasteiger partial charge in [-0.15, -0.1) is 11.3 Å². The molecule has 30 heavy (non-hydrogen) atoms. The van der Waals surface area contributed by atoms with Gasteiger partial charge in [0.2, 0.25) is 0 Å². The number of thioether (sulfide) groups is 1. The number of aliphatic hydroxyl groups is 3. The molecule has 2 atom stereocenters. The van der Waals surface area contributed by atoms with Crippen molar-refractivity contribution in [2.45, 2.75) is 19.0 Å². The van der Waals surface area contributed by atoms with Gasteiger partial charge >= 0.3 is 5.97 Å². The summed E-state index contributed by atoms with van der Waals surface area (Å²) in [5, 5.41) is 46.0. The number of aromatic nitrogens is 1. The largest absolute Gasteiger partial charge is 0.507 e. The molecule has 2 aliphatic heterocycles. The molecule has 0 saturated carbocycles. The number of hydrogen-bond acceptors (Lipinski definition) is 9. The highest BCUT2D eigenvalue weighted by atomic mass is 32.2. The van der Waals surface area contributed by atoms with Crippen molar-refractivity contribution in [3.05, 3.63) is 63.3 Å². The quantitative estimate of drug-likeness (QED) is 0.404. The molecule has 0 amide bonds. The van der Waals surface area contributed by atoms with Crippen molar-refractivity contribution in [1.29, 1.82) is 0 Å². The Morgan fingerprint density at radius 1 is 1.30 bits per heavy atom. The summed E-state index contributed by atoms with van der Waals surface area (Å²) in [6.45, 7) is -0.196. The molecule has 2 aliphatic rings. The molecule has 0 bridgehead atoms. The van der Waals surface area contributed by atoms with Crippen LogP contribution in [0.4, 0.5) is 0 Å². The number of nitrogens with one attached hydrogen (secondary N) is 1. The van der Waals surface area contributed by atoms with E-state index in [1.807, 2.05) is 35.7 Å². The fourth-order valence-electron chi connectivity index (χ4n) is 3.51. The standard InChI is InChI=1S/C20H21N3O5S2/c24-16(25)6-21-19(27)17-18(26)12-8-29-10-14(12)23(20(17)28)7-15-22-13(9-30-15)11-4-2-1-3-5-11/h1-5,9,19-21,26-28H,6-8,10H2,(H,24,25). The maximum atomic E-state index is 11.0. The molecule has 0 aliphatic carbocycles. The van der Waals surface area contributed by atoms with Gasteiger partial charge in [0.25, 0.3) is 0 Å². The lowest BCUT2D eigenvalue weighted by molar-refractivity contribution is -0.136.